The molecule has 8 nitrogen and oxygen atoms in total. The maximum atomic E-state index is 15.3. The molecule has 1 aliphatic heterocycles. The Morgan fingerprint density at radius 2 is 1.91 bits per heavy atom. The summed E-state index contributed by atoms with van der Waals surface area (Å²) in [6.45, 7) is -0.717. The number of aromatic nitrogens is 2. The molecule has 2 aromatic heterocycles. The number of nitrogens with two attached hydrogens (primary N) is 1. The van der Waals surface area contributed by atoms with E-state index >= 15 is 4.39 Å². The molecule has 3 aromatic rings. The number of benzene rings is 1. The van der Waals surface area contributed by atoms with Crippen molar-refractivity contribution >= 4 is 40.0 Å². The zero-order chi connectivity index (χ0) is 25.6. The molecule has 1 aliphatic rings. The molecule has 1 saturated heterocycles. The van der Waals surface area contributed by atoms with Gasteiger partial charge in [-0.05, 0) is 24.5 Å². The van der Waals surface area contributed by atoms with Gasteiger partial charge in [-0.25, -0.2) is 27.3 Å². The average molecular weight is 513 g/mol. The number of rotatable bonds is 4. The lowest BCUT2D eigenvalue weighted by molar-refractivity contribution is 0.0695. The highest BCUT2D eigenvalue weighted by atomic mass is 35.5. The molecule has 0 bridgehead atoms. The van der Waals surface area contributed by atoms with Crippen LogP contribution >= 0.6 is 11.6 Å². The first kappa shape index (κ1) is 24.5. The number of aliphatic hydroxyl groups excluding tert-OH is 1. The van der Waals surface area contributed by atoms with Gasteiger partial charge in [0.05, 0.1) is 28.2 Å². The molecule has 0 aliphatic carbocycles. The number of carbonyl (C=O) groups is 1. The van der Waals surface area contributed by atoms with Crippen LogP contribution in [0.3, 0.4) is 0 Å². The molecule has 4 N–H and O–H groups in total. The second-order valence-corrected chi connectivity index (χ2v) is 8.19. The first-order valence-corrected chi connectivity index (χ1v) is 10.6. The average Bonchev–Trinajstić information content (AvgIpc) is 2.81. The van der Waals surface area contributed by atoms with Gasteiger partial charge in [-0.15, -0.1) is 0 Å². The third-order valence-corrected chi connectivity index (χ3v) is 6.04. The van der Waals surface area contributed by atoms with Crippen molar-refractivity contribution in [3.8, 4) is 5.82 Å². The number of halogens is 5. The number of piperidine rings is 1. The molecule has 0 saturated carbocycles. The number of anilines is 2. The maximum Gasteiger partial charge on any atom is 0.341 e. The Labute approximate surface area is 199 Å². The van der Waals surface area contributed by atoms with Gasteiger partial charge >= 0.3 is 5.97 Å². The number of pyridine rings is 2. The molecule has 3 heterocycles. The molecule has 1 aromatic carbocycles. The van der Waals surface area contributed by atoms with Crippen LogP contribution in [0.2, 0.25) is 5.02 Å². The van der Waals surface area contributed by atoms with Gasteiger partial charge < -0.3 is 20.8 Å². The topological polar surface area (TPSA) is 122 Å². The van der Waals surface area contributed by atoms with E-state index < -0.39 is 68.9 Å². The Balaban J connectivity index is 2.07. The van der Waals surface area contributed by atoms with Crippen LogP contribution in [0.4, 0.5) is 29.1 Å². The summed E-state index contributed by atoms with van der Waals surface area (Å²) in [5.41, 5.74) is 3.17. The van der Waals surface area contributed by atoms with Crippen LogP contribution in [-0.4, -0.2) is 45.4 Å². The summed E-state index contributed by atoms with van der Waals surface area (Å²) in [6, 6.07) is 1.16. The summed E-state index contributed by atoms with van der Waals surface area (Å²) in [6.07, 6.45) is 1.45. The second-order valence-electron chi connectivity index (χ2n) is 7.82. The van der Waals surface area contributed by atoms with E-state index in [0.717, 1.165) is 16.8 Å². The fraction of sp³-hybridized carbons (Fsp3) is 0.227. The molecule has 35 heavy (non-hydrogen) atoms. The van der Waals surface area contributed by atoms with Crippen LogP contribution in [0.5, 0.6) is 0 Å². The number of hydrogen-bond donors (Lipinski definition) is 3. The molecule has 0 radical (unpaired) electrons. The molecular formula is C22H17ClF4N4O4. The van der Waals surface area contributed by atoms with Crippen molar-refractivity contribution in [1.82, 2.24) is 9.55 Å². The van der Waals surface area contributed by atoms with Crippen molar-refractivity contribution in [1.29, 1.82) is 0 Å². The summed E-state index contributed by atoms with van der Waals surface area (Å²) in [5.74, 6) is -7.28. The zero-order valence-electron chi connectivity index (χ0n) is 17.8. The quantitative estimate of drug-likeness (QED) is 0.457. The number of nitrogens with zero attached hydrogens (tertiary/aromatic N) is 3. The van der Waals surface area contributed by atoms with E-state index in [1.54, 1.807) is 0 Å². The van der Waals surface area contributed by atoms with Crippen LogP contribution in [0.1, 0.15) is 23.2 Å². The van der Waals surface area contributed by atoms with Gasteiger partial charge in [0.25, 0.3) is 0 Å². The summed E-state index contributed by atoms with van der Waals surface area (Å²) in [7, 11) is 0. The standard InChI is InChI=1S/C22H17ClF4N4O4/c23-16-17-10(4-12(24)18(16)30-3-1-2-9(6-30)15(27)8-32)19(33)11(22(34)35)7-31(17)21-14(26)5-13(25)20(28)29-21/h4-5,7,32H,1-3,6,8H2,(H2,28,29)(H,34,35). The monoisotopic (exact) mass is 512 g/mol. The fourth-order valence-electron chi connectivity index (χ4n) is 4.05. The second kappa shape index (κ2) is 9.19. The van der Waals surface area contributed by atoms with Gasteiger partial charge in [-0.2, -0.15) is 0 Å². The first-order valence-electron chi connectivity index (χ1n) is 10.2. The van der Waals surface area contributed by atoms with Gasteiger partial charge in [-0.1, -0.05) is 11.6 Å². The number of nitrogen functional groups attached to an aromatic ring is 1. The fourth-order valence-corrected chi connectivity index (χ4v) is 4.45. The Morgan fingerprint density at radius 3 is 2.57 bits per heavy atom. The SMILES string of the molecule is Nc1nc(-n2cc(C(=O)O)c(=O)c3cc(F)c(N4CCCC(=C(F)CO)C4)c(Cl)c32)c(F)cc1F. The summed E-state index contributed by atoms with van der Waals surface area (Å²) < 4.78 is 58.5. The van der Waals surface area contributed by atoms with E-state index in [2.05, 4.69) is 4.98 Å². The van der Waals surface area contributed by atoms with Crippen molar-refractivity contribution in [2.24, 2.45) is 0 Å². The largest absolute Gasteiger partial charge is 0.477 e. The summed E-state index contributed by atoms with van der Waals surface area (Å²) >= 11 is 6.52. The van der Waals surface area contributed by atoms with Gasteiger partial charge in [0.15, 0.2) is 23.3 Å². The van der Waals surface area contributed by atoms with Crippen molar-refractivity contribution in [2.45, 2.75) is 12.8 Å². The Kier molecular flexibility index (Phi) is 6.43. The molecule has 1 fully saturated rings. The predicted molar refractivity (Wildman–Crippen MR) is 120 cm³/mol. The highest BCUT2D eigenvalue weighted by Gasteiger charge is 2.28. The molecule has 0 unspecified atom stereocenters. The van der Waals surface area contributed by atoms with Crippen LogP contribution < -0.4 is 16.1 Å². The number of hydrogen-bond acceptors (Lipinski definition) is 6. The highest BCUT2D eigenvalue weighted by Crippen LogP contribution is 2.39. The van der Waals surface area contributed by atoms with Gasteiger partial charge in [0.2, 0.25) is 5.43 Å². The van der Waals surface area contributed by atoms with Gasteiger partial charge in [0, 0.05) is 25.4 Å². The minimum Gasteiger partial charge on any atom is -0.477 e. The third kappa shape index (κ3) is 4.19. The number of aromatic carboxylic acids is 1. The number of fused-ring (bicyclic) bond motifs is 1. The number of carboxylic acids is 1. The van der Waals surface area contributed by atoms with E-state index in [9.17, 15) is 27.9 Å². The Hall–Kier alpha value is -3.64. The van der Waals surface area contributed by atoms with Crippen molar-refractivity contribution in [2.75, 3.05) is 30.3 Å². The zero-order valence-corrected chi connectivity index (χ0v) is 18.5. The molecule has 13 heteroatoms. The molecule has 0 spiro atoms. The van der Waals surface area contributed by atoms with E-state index in [1.807, 2.05) is 0 Å². The van der Waals surface area contributed by atoms with E-state index in [1.165, 1.54) is 4.90 Å². The number of carboxylic acid groups (broad SMARTS) is 1. The first-order chi connectivity index (χ1) is 16.5. The van der Waals surface area contributed by atoms with E-state index in [0.29, 0.717) is 18.9 Å². The predicted octanol–water partition coefficient (Wildman–Crippen LogP) is 3.55. The summed E-state index contributed by atoms with van der Waals surface area (Å²) in [4.78, 5) is 29.5. The highest BCUT2D eigenvalue weighted by molar-refractivity contribution is 6.38. The maximum absolute atomic E-state index is 15.3. The molecular weight excluding hydrogens is 496 g/mol. The lowest BCUT2D eigenvalue weighted by atomic mass is 10.0. The van der Waals surface area contributed by atoms with Gasteiger partial charge in [-0.3, -0.25) is 9.36 Å². The molecule has 0 atom stereocenters. The van der Waals surface area contributed by atoms with Crippen LogP contribution in [0.25, 0.3) is 16.7 Å². The molecule has 4 rings (SSSR count). The lowest BCUT2D eigenvalue weighted by Gasteiger charge is -2.32. The molecule has 0 amide bonds. The van der Waals surface area contributed by atoms with Crippen LogP contribution in [-0.2, 0) is 0 Å². The van der Waals surface area contributed by atoms with Crippen molar-refractivity contribution in [3.63, 3.8) is 0 Å². The Morgan fingerprint density at radius 1 is 1.20 bits per heavy atom. The normalized spacial score (nSPS) is 15.5. The van der Waals surface area contributed by atoms with Crippen LogP contribution in [0, 0.1) is 17.5 Å². The molecule has 184 valence electrons. The minimum absolute atomic E-state index is 0.123. The van der Waals surface area contributed by atoms with Crippen LogP contribution in [0.15, 0.2) is 34.5 Å². The summed E-state index contributed by atoms with van der Waals surface area (Å²) in [5, 5.41) is 17.6. The smallest absolute Gasteiger partial charge is 0.341 e. The van der Waals surface area contributed by atoms with Crippen molar-refractivity contribution in [3.05, 3.63) is 68.0 Å². The third-order valence-electron chi connectivity index (χ3n) is 5.68. The van der Waals surface area contributed by atoms with Crippen molar-refractivity contribution < 1.29 is 32.6 Å². The van der Waals surface area contributed by atoms with E-state index in [4.69, 9.17) is 22.4 Å². The minimum atomic E-state index is -1.69. The Bertz CT molecular complexity index is 1470. The number of aliphatic hydroxyl groups is 1. The van der Waals surface area contributed by atoms with Gasteiger partial charge in [0.1, 0.15) is 17.2 Å². The lowest BCUT2D eigenvalue weighted by Crippen LogP contribution is -2.33. The van der Waals surface area contributed by atoms with E-state index in [-0.39, 0.29) is 29.9 Å².